The molecule has 2 aromatic rings. The summed E-state index contributed by atoms with van der Waals surface area (Å²) in [6.45, 7) is 0.381. The van der Waals surface area contributed by atoms with Crippen LogP contribution >= 0.6 is 11.8 Å². The van der Waals surface area contributed by atoms with Crippen LogP contribution in [0.5, 0.6) is 5.88 Å². The van der Waals surface area contributed by atoms with Gasteiger partial charge in [-0.25, -0.2) is 4.98 Å². The molecule has 0 atom stereocenters. The maximum Gasteiger partial charge on any atom is 0.228 e. The highest BCUT2D eigenvalue weighted by atomic mass is 32.2. The SMILES string of the molecule is CSc1ncc(C=O)c(OCc2ccccc2)n1. The molecule has 92 valence electrons. The van der Waals surface area contributed by atoms with Gasteiger partial charge in [-0.3, -0.25) is 4.79 Å². The van der Waals surface area contributed by atoms with E-state index in [0.29, 0.717) is 29.5 Å². The third-order valence-corrected chi connectivity index (χ3v) is 2.85. The van der Waals surface area contributed by atoms with Crippen LogP contribution in [-0.4, -0.2) is 22.5 Å². The summed E-state index contributed by atoms with van der Waals surface area (Å²) in [5.74, 6) is 0.327. The van der Waals surface area contributed by atoms with Crippen LogP contribution in [0.25, 0.3) is 0 Å². The molecule has 0 saturated heterocycles. The Morgan fingerprint density at radius 3 is 2.78 bits per heavy atom. The number of carbonyl (C=O) groups excluding carboxylic acids is 1. The van der Waals surface area contributed by atoms with E-state index >= 15 is 0 Å². The molecule has 0 aliphatic rings. The van der Waals surface area contributed by atoms with Gasteiger partial charge in [-0.1, -0.05) is 42.1 Å². The van der Waals surface area contributed by atoms with E-state index in [9.17, 15) is 4.79 Å². The Bertz CT molecular complexity index is 532. The number of hydrogen-bond acceptors (Lipinski definition) is 5. The van der Waals surface area contributed by atoms with Crippen molar-refractivity contribution in [3.05, 3.63) is 47.7 Å². The summed E-state index contributed by atoms with van der Waals surface area (Å²) in [5.41, 5.74) is 1.39. The third-order valence-electron chi connectivity index (χ3n) is 2.29. The van der Waals surface area contributed by atoms with Gasteiger partial charge in [0.15, 0.2) is 11.4 Å². The van der Waals surface area contributed by atoms with Crippen molar-refractivity contribution >= 4 is 18.0 Å². The van der Waals surface area contributed by atoms with Crippen LogP contribution in [-0.2, 0) is 6.61 Å². The van der Waals surface area contributed by atoms with Crippen LogP contribution < -0.4 is 4.74 Å². The molecule has 0 spiro atoms. The Balaban J connectivity index is 2.15. The van der Waals surface area contributed by atoms with E-state index in [1.54, 1.807) is 0 Å². The van der Waals surface area contributed by atoms with Gasteiger partial charge in [-0.2, -0.15) is 4.98 Å². The normalized spacial score (nSPS) is 10.1. The summed E-state index contributed by atoms with van der Waals surface area (Å²) in [7, 11) is 0. The minimum atomic E-state index is 0.327. The van der Waals surface area contributed by atoms with Crippen molar-refractivity contribution in [2.45, 2.75) is 11.8 Å². The number of carbonyl (C=O) groups is 1. The summed E-state index contributed by atoms with van der Waals surface area (Å²) < 4.78 is 5.56. The summed E-state index contributed by atoms with van der Waals surface area (Å²) in [4.78, 5) is 19.1. The lowest BCUT2D eigenvalue weighted by molar-refractivity contribution is 0.111. The highest BCUT2D eigenvalue weighted by Gasteiger charge is 2.07. The molecule has 0 amide bonds. The molecule has 0 aliphatic heterocycles. The number of benzene rings is 1. The van der Waals surface area contributed by atoms with Gasteiger partial charge in [0.2, 0.25) is 5.88 Å². The quantitative estimate of drug-likeness (QED) is 0.470. The summed E-state index contributed by atoms with van der Waals surface area (Å²) >= 11 is 1.41. The summed E-state index contributed by atoms with van der Waals surface area (Å²) in [6.07, 6.45) is 4.05. The van der Waals surface area contributed by atoms with Gasteiger partial charge in [-0.05, 0) is 11.8 Å². The molecular weight excluding hydrogens is 248 g/mol. The van der Waals surface area contributed by atoms with E-state index < -0.39 is 0 Å². The Morgan fingerprint density at radius 1 is 1.33 bits per heavy atom. The first-order chi connectivity index (χ1) is 8.83. The van der Waals surface area contributed by atoms with Crippen molar-refractivity contribution in [3.8, 4) is 5.88 Å². The van der Waals surface area contributed by atoms with Crippen molar-refractivity contribution in [3.63, 3.8) is 0 Å². The minimum absolute atomic E-state index is 0.327. The molecule has 5 heteroatoms. The predicted octanol–water partition coefficient (Wildman–Crippen LogP) is 2.59. The fourth-order valence-electron chi connectivity index (χ4n) is 1.38. The van der Waals surface area contributed by atoms with Crippen LogP contribution in [0, 0.1) is 0 Å². The molecule has 18 heavy (non-hydrogen) atoms. The molecule has 1 heterocycles. The maximum absolute atomic E-state index is 10.9. The fourth-order valence-corrected chi connectivity index (χ4v) is 1.71. The van der Waals surface area contributed by atoms with E-state index in [1.165, 1.54) is 18.0 Å². The summed E-state index contributed by atoms with van der Waals surface area (Å²) in [5, 5.41) is 0.587. The lowest BCUT2D eigenvalue weighted by atomic mass is 10.2. The molecular formula is C13H12N2O2S. The minimum Gasteiger partial charge on any atom is -0.472 e. The fraction of sp³-hybridized carbons (Fsp3) is 0.154. The summed E-state index contributed by atoms with van der Waals surface area (Å²) in [6, 6.07) is 9.73. The molecule has 1 aromatic heterocycles. The maximum atomic E-state index is 10.9. The van der Waals surface area contributed by atoms with Crippen LogP contribution in [0.3, 0.4) is 0 Å². The zero-order chi connectivity index (χ0) is 12.8. The number of aldehydes is 1. The Kier molecular flexibility index (Phi) is 4.30. The average Bonchev–Trinajstić information content (AvgIpc) is 2.45. The number of nitrogens with zero attached hydrogens (tertiary/aromatic N) is 2. The molecule has 0 bridgehead atoms. The molecule has 0 unspecified atom stereocenters. The van der Waals surface area contributed by atoms with Gasteiger partial charge in [0, 0.05) is 6.20 Å². The van der Waals surface area contributed by atoms with Crippen molar-refractivity contribution in [1.82, 2.24) is 9.97 Å². The number of hydrogen-bond donors (Lipinski definition) is 0. The molecule has 2 rings (SSSR count). The van der Waals surface area contributed by atoms with E-state index in [-0.39, 0.29) is 0 Å². The van der Waals surface area contributed by atoms with Crippen LogP contribution in [0.2, 0.25) is 0 Å². The van der Waals surface area contributed by atoms with Crippen molar-refractivity contribution < 1.29 is 9.53 Å². The second kappa shape index (κ2) is 6.16. The van der Waals surface area contributed by atoms with Gasteiger partial charge in [0.25, 0.3) is 0 Å². The highest BCUT2D eigenvalue weighted by Crippen LogP contribution is 2.18. The third kappa shape index (κ3) is 3.07. The molecule has 0 radical (unpaired) electrons. The number of ether oxygens (including phenoxy) is 1. The molecule has 0 fully saturated rings. The van der Waals surface area contributed by atoms with E-state index in [4.69, 9.17) is 4.74 Å². The Hall–Kier alpha value is -1.88. The Labute approximate surface area is 109 Å². The molecule has 0 saturated carbocycles. The largest absolute Gasteiger partial charge is 0.472 e. The van der Waals surface area contributed by atoms with Gasteiger partial charge >= 0.3 is 0 Å². The van der Waals surface area contributed by atoms with Crippen LogP contribution in [0.15, 0.2) is 41.7 Å². The molecule has 0 N–H and O–H groups in total. The van der Waals surface area contributed by atoms with Crippen molar-refractivity contribution in [1.29, 1.82) is 0 Å². The Morgan fingerprint density at radius 2 is 2.11 bits per heavy atom. The van der Waals surface area contributed by atoms with Gasteiger partial charge in [-0.15, -0.1) is 0 Å². The lowest BCUT2D eigenvalue weighted by Crippen LogP contribution is -2.02. The number of thioether (sulfide) groups is 1. The molecule has 0 aliphatic carbocycles. The van der Waals surface area contributed by atoms with Crippen LogP contribution in [0.4, 0.5) is 0 Å². The van der Waals surface area contributed by atoms with Gasteiger partial charge in [0.1, 0.15) is 6.61 Å². The molecule has 4 nitrogen and oxygen atoms in total. The first kappa shape index (κ1) is 12.6. The second-order valence-corrected chi connectivity index (χ2v) is 4.28. The monoisotopic (exact) mass is 260 g/mol. The van der Waals surface area contributed by atoms with Gasteiger partial charge < -0.3 is 4.74 Å². The van der Waals surface area contributed by atoms with Crippen LogP contribution in [0.1, 0.15) is 15.9 Å². The van der Waals surface area contributed by atoms with E-state index in [0.717, 1.165) is 5.56 Å². The molecule has 1 aromatic carbocycles. The standard InChI is InChI=1S/C13H12N2O2S/c1-18-13-14-7-11(8-16)12(15-13)17-9-10-5-3-2-4-6-10/h2-8H,9H2,1H3. The smallest absolute Gasteiger partial charge is 0.228 e. The van der Waals surface area contributed by atoms with Gasteiger partial charge in [0.05, 0.1) is 5.56 Å². The number of rotatable bonds is 5. The topological polar surface area (TPSA) is 52.1 Å². The first-order valence-electron chi connectivity index (χ1n) is 5.36. The zero-order valence-electron chi connectivity index (χ0n) is 9.87. The van der Waals surface area contributed by atoms with Crippen molar-refractivity contribution in [2.24, 2.45) is 0 Å². The van der Waals surface area contributed by atoms with E-state index in [1.807, 2.05) is 36.6 Å². The number of aromatic nitrogens is 2. The second-order valence-electron chi connectivity index (χ2n) is 3.51. The first-order valence-corrected chi connectivity index (χ1v) is 6.59. The lowest BCUT2D eigenvalue weighted by Gasteiger charge is -2.07. The highest BCUT2D eigenvalue weighted by molar-refractivity contribution is 7.98. The van der Waals surface area contributed by atoms with Crippen molar-refractivity contribution in [2.75, 3.05) is 6.26 Å². The predicted molar refractivity (Wildman–Crippen MR) is 70.0 cm³/mol. The zero-order valence-corrected chi connectivity index (χ0v) is 10.7. The van der Waals surface area contributed by atoms with E-state index in [2.05, 4.69) is 9.97 Å². The average molecular weight is 260 g/mol.